The molecule has 0 N–H and O–H groups in total. The van der Waals surface area contributed by atoms with Gasteiger partial charge in [0, 0.05) is 0 Å². The molecule has 1 aliphatic carbocycles. The van der Waals surface area contributed by atoms with Crippen LogP contribution >= 0.6 is 0 Å². The van der Waals surface area contributed by atoms with E-state index in [-0.39, 0.29) is 0 Å². The molecule has 0 atom stereocenters. The van der Waals surface area contributed by atoms with Gasteiger partial charge >= 0.3 is 0 Å². The molecule has 1 rings (SSSR count). The van der Waals surface area contributed by atoms with Crippen LogP contribution < -0.4 is 0 Å². The summed E-state index contributed by atoms with van der Waals surface area (Å²) in [5, 5.41) is 0. The van der Waals surface area contributed by atoms with Crippen LogP contribution in [0, 0.1) is 0 Å². The quantitative estimate of drug-likeness (QED) is 0.459. The van der Waals surface area contributed by atoms with Crippen molar-refractivity contribution in [1.29, 1.82) is 0 Å². The van der Waals surface area contributed by atoms with Crippen molar-refractivity contribution in [2.24, 2.45) is 0 Å². The normalized spacial score (nSPS) is 29.8. The summed E-state index contributed by atoms with van der Waals surface area (Å²) < 4.78 is 0. The first-order valence-corrected chi connectivity index (χ1v) is 4.13. The lowest BCUT2D eigenvalue weighted by molar-refractivity contribution is 1.04. The fraction of sp³-hybridized carbons (Fsp3) is 0.273. The molecule has 0 heterocycles. The maximum absolute atomic E-state index is 2.24. The van der Waals surface area contributed by atoms with E-state index in [9.17, 15) is 0 Å². The summed E-state index contributed by atoms with van der Waals surface area (Å²) in [6, 6.07) is 0. The molecule has 11 heavy (non-hydrogen) atoms. The summed E-state index contributed by atoms with van der Waals surface area (Å²) >= 11 is 0. The van der Waals surface area contributed by atoms with Crippen LogP contribution in [0.25, 0.3) is 0 Å². The van der Waals surface area contributed by atoms with E-state index in [4.69, 9.17) is 0 Å². The van der Waals surface area contributed by atoms with Gasteiger partial charge in [0.1, 0.15) is 0 Å². The van der Waals surface area contributed by atoms with Crippen molar-refractivity contribution in [2.75, 3.05) is 0 Å². The Morgan fingerprint density at radius 2 is 1.27 bits per heavy atom. The van der Waals surface area contributed by atoms with Crippen LogP contribution in [0.2, 0.25) is 0 Å². The maximum atomic E-state index is 2.24. The molecule has 0 saturated heterocycles. The summed E-state index contributed by atoms with van der Waals surface area (Å²) in [5.74, 6) is 0. The minimum absolute atomic E-state index is 1.06. The van der Waals surface area contributed by atoms with E-state index in [1.165, 1.54) is 0 Å². The summed E-state index contributed by atoms with van der Waals surface area (Å²) in [6.07, 6.45) is 20.5. The highest BCUT2D eigenvalue weighted by molar-refractivity contribution is 5.12. The molecule has 1 aliphatic rings. The number of hydrogen-bond donors (Lipinski definition) is 0. The molecule has 0 aliphatic heterocycles. The second-order valence-electron chi connectivity index (χ2n) is 2.53. The van der Waals surface area contributed by atoms with Crippen LogP contribution in [0.15, 0.2) is 48.6 Å². The average molecular weight is 146 g/mol. The number of hydrogen-bond acceptors (Lipinski definition) is 0. The molecule has 0 aromatic carbocycles. The zero-order chi connectivity index (χ0) is 7.78. The van der Waals surface area contributed by atoms with E-state index in [0.29, 0.717) is 0 Å². The van der Waals surface area contributed by atoms with Gasteiger partial charge in [-0.05, 0) is 19.3 Å². The average Bonchev–Trinajstić information content (AvgIpc) is 2.08. The third-order valence-electron chi connectivity index (χ3n) is 1.54. The molecule has 0 spiro atoms. The highest BCUT2D eigenvalue weighted by Gasteiger charge is 1.76. The van der Waals surface area contributed by atoms with E-state index in [0.717, 1.165) is 19.3 Å². The van der Waals surface area contributed by atoms with Gasteiger partial charge < -0.3 is 0 Å². The SMILES string of the molecule is C1=C\C=C\CC/C=C/C\C=C/1. The molecule has 0 aromatic rings. The van der Waals surface area contributed by atoms with E-state index < -0.39 is 0 Å². The third-order valence-corrected chi connectivity index (χ3v) is 1.54. The molecule has 0 aromatic heterocycles. The van der Waals surface area contributed by atoms with Crippen LogP contribution in [-0.4, -0.2) is 0 Å². The molecule has 58 valence electrons. The van der Waals surface area contributed by atoms with Crippen molar-refractivity contribution in [3.05, 3.63) is 48.6 Å². The number of rotatable bonds is 0. The summed E-state index contributed by atoms with van der Waals surface area (Å²) in [4.78, 5) is 0. The maximum Gasteiger partial charge on any atom is -0.0166 e. The Kier molecular flexibility index (Phi) is 4.19. The van der Waals surface area contributed by atoms with Gasteiger partial charge in [0.25, 0.3) is 0 Å². The van der Waals surface area contributed by atoms with Crippen molar-refractivity contribution in [3.8, 4) is 0 Å². The van der Waals surface area contributed by atoms with E-state index in [2.05, 4.69) is 48.6 Å². The van der Waals surface area contributed by atoms with Crippen LogP contribution in [0.1, 0.15) is 19.3 Å². The highest BCUT2D eigenvalue weighted by atomic mass is 13.8. The van der Waals surface area contributed by atoms with Crippen molar-refractivity contribution < 1.29 is 0 Å². The third kappa shape index (κ3) is 4.38. The van der Waals surface area contributed by atoms with Crippen molar-refractivity contribution in [1.82, 2.24) is 0 Å². The molecule has 0 heteroatoms. The van der Waals surface area contributed by atoms with Crippen molar-refractivity contribution in [3.63, 3.8) is 0 Å². The van der Waals surface area contributed by atoms with Gasteiger partial charge in [-0.1, -0.05) is 48.6 Å². The van der Waals surface area contributed by atoms with Gasteiger partial charge in [0.15, 0.2) is 0 Å². The topological polar surface area (TPSA) is 0 Å². The summed E-state index contributed by atoms with van der Waals surface area (Å²) in [6.45, 7) is 0. The van der Waals surface area contributed by atoms with Gasteiger partial charge in [-0.15, -0.1) is 0 Å². The first-order valence-electron chi connectivity index (χ1n) is 4.13. The van der Waals surface area contributed by atoms with E-state index in [1.807, 2.05) is 0 Å². The smallest absolute Gasteiger partial charge is 0.0166 e. The standard InChI is InChI=1S/C11H14/c1-2-4-6-8-10-11-9-7-5-3-1/h1-6,9,11H,7-8,10H2/b2-1-,5-3-,6-4+,11-9+. The van der Waals surface area contributed by atoms with Gasteiger partial charge in [-0.3, -0.25) is 0 Å². The Balaban J connectivity index is 2.47. The Morgan fingerprint density at radius 1 is 0.545 bits per heavy atom. The highest BCUT2D eigenvalue weighted by Crippen LogP contribution is 1.97. The van der Waals surface area contributed by atoms with Gasteiger partial charge in [-0.25, -0.2) is 0 Å². The Hall–Kier alpha value is -1.04. The Bertz CT molecular complexity index is 192. The van der Waals surface area contributed by atoms with Crippen LogP contribution in [-0.2, 0) is 0 Å². The molecule has 0 amide bonds. The predicted molar refractivity (Wildman–Crippen MR) is 50.4 cm³/mol. The van der Waals surface area contributed by atoms with Gasteiger partial charge in [-0.2, -0.15) is 0 Å². The molecular weight excluding hydrogens is 132 g/mol. The molecule has 0 radical (unpaired) electrons. The van der Waals surface area contributed by atoms with Crippen LogP contribution in [0.3, 0.4) is 0 Å². The monoisotopic (exact) mass is 146 g/mol. The Morgan fingerprint density at radius 3 is 2.18 bits per heavy atom. The zero-order valence-electron chi connectivity index (χ0n) is 6.74. The zero-order valence-corrected chi connectivity index (χ0v) is 6.74. The fourth-order valence-corrected chi connectivity index (χ4v) is 0.945. The van der Waals surface area contributed by atoms with Crippen LogP contribution in [0.4, 0.5) is 0 Å². The lowest BCUT2D eigenvalue weighted by atomic mass is 10.2. The molecule has 0 nitrogen and oxygen atoms in total. The predicted octanol–water partition coefficient (Wildman–Crippen LogP) is 3.40. The lowest BCUT2D eigenvalue weighted by Crippen LogP contribution is -1.63. The molecule has 0 bridgehead atoms. The second-order valence-corrected chi connectivity index (χ2v) is 2.53. The Labute approximate surface area is 68.6 Å². The molecule has 0 fully saturated rings. The number of allylic oxidation sites excluding steroid dienone is 8. The summed E-state index contributed by atoms with van der Waals surface area (Å²) in [5.41, 5.74) is 0. The minimum Gasteiger partial charge on any atom is -0.0879 e. The minimum atomic E-state index is 1.06. The molecular formula is C11H14. The van der Waals surface area contributed by atoms with Gasteiger partial charge in [0.05, 0.1) is 0 Å². The van der Waals surface area contributed by atoms with E-state index in [1.54, 1.807) is 0 Å². The second kappa shape index (κ2) is 5.72. The lowest BCUT2D eigenvalue weighted by Gasteiger charge is -1.83. The molecule has 0 saturated carbocycles. The molecule has 0 unspecified atom stereocenters. The first kappa shape index (κ1) is 8.06. The van der Waals surface area contributed by atoms with Crippen LogP contribution in [0.5, 0.6) is 0 Å². The van der Waals surface area contributed by atoms with Gasteiger partial charge in [0.2, 0.25) is 0 Å². The van der Waals surface area contributed by atoms with E-state index >= 15 is 0 Å². The van der Waals surface area contributed by atoms with Crippen molar-refractivity contribution >= 4 is 0 Å². The van der Waals surface area contributed by atoms with Crippen molar-refractivity contribution in [2.45, 2.75) is 19.3 Å². The first-order chi connectivity index (χ1) is 5.50. The summed E-state index contributed by atoms with van der Waals surface area (Å²) in [7, 11) is 0. The fourth-order valence-electron chi connectivity index (χ4n) is 0.945. The largest absolute Gasteiger partial charge is 0.0879 e.